The van der Waals surface area contributed by atoms with Crippen molar-refractivity contribution in [1.82, 2.24) is 4.31 Å². The molecule has 3 rings (SSSR count). The molecule has 0 saturated carbocycles. The number of nitrogens with one attached hydrogen (secondary N) is 1. The van der Waals surface area contributed by atoms with Crippen LogP contribution in [0.1, 0.15) is 23.2 Å². The molecule has 0 aromatic heterocycles. The molecule has 3 N–H and O–H groups in total. The zero-order valence-corrected chi connectivity index (χ0v) is 16.8. The quantitative estimate of drug-likeness (QED) is 0.743. The highest BCUT2D eigenvalue weighted by Gasteiger charge is 2.33. The average molecular weight is 417 g/mol. The molecule has 0 radical (unpaired) electrons. The van der Waals surface area contributed by atoms with Crippen LogP contribution in [0.4, 0.5) is 5.69 Å². The zero-order chi connectivity index (χ0) is 21.0. The Morgan fingerprint density at radius 1 is 1.07 bits per heavy atom. The van der Waals surface area contributed by atoms with E-state index in [1.807, 2.05) is 0 Å². The van der Waals surface area contributed by atoms with E-state index in [1.165, 1.54) is 16.4 Å². The fraction of sp³-hybridized carbons (Fsp3) is 0.300. The molecule has 154 valence electrons. The van der Waals surface area contributed by atoms with Gasteiger partial charge in [0, 0.05) is 24.7 Å². The van der Waals surface area contributed by atoms with E-state index in [0.29, 0.717) is 24.3 Å². The van der Waals surface area contributed by atoms with Gasteiger partial charge in [-0.3, -0.25) is 9.59 Å². The van der Waals surface area contributed by atoms with Gasteiger partial charge in [0.25, 0.3) is 0 Å². The molecule has 0 bridgehead atoms. The van der Waals surface area contributed by atoms with Gasteiger partial charge in [0.15, 0.2) is 0 Å². The van der Waals surface area contributed by atoms with Crippen molar-refractivity contribution in [1.29, 1.82) is 0 Å². The minimum absolute atomic E-state index is 0.0353. The van der Waals surface area contributed by atoms with E-state index in [-0.39, 0.29) is 35.4 Å². The lowest BCUT2D eigenvalue weighted by molar-refractivity contribution is -0.120. The van der Waals surface area contributed by atoms with Gasteiger partial charge in [0.1, 0.15) is 5.75 Å². The van der Waals surface area contributed by atoms with E-state index >= 15 is 0 Å². The van der Waals surface area contributed by atoms with Gasteiger partial charge in [-0.15, -0.1) is 0 Å². The molecule has 1 aliphatic heterocycles. The summed E-state index contributed by atoms with van der Waals surface area (Å²) in [4.78, 5) is 24.0. The summed E-state index contributed by atoms with van der Waals surface area (Å²) in [7, 11) is -2.30. The molecule has 0 aliphatic carbocycles. The fourth-order valence-electron chi connectivity index (χ4n) is 3.31. The van der Waals surface area contributed by atoms with Crippen LogP contribution in [0, 0.1) is 5.92 Å². The Morgan fingerprint density at radius 3 is 2.28 bits per heavy atom. The summed E-state index contributed by atoms with van der Waals surface area (Å²) in [6.45, 7) is 0.381. The van der Waals surface area contributed by atoms with E-state index in [1.54, 1.807) is 43.5 Å². The molecule has 2 aromatic carbocycles. The number of hydrogen-bond donors (Lipinski definition) is 2. The summed E-state index contributed by atoms with van der Waals surface area (Å²) < 4.78 is 32.3. The van der Waals surface area contributed by atoms with Crippen LogP contribution < -0.4 is 15.8 Å². The third-order valence-electron chi connectivity index (χ3n) is 4.95. The Bertz CT molecular complexity index is 997. The lowest BCUT2D eigenvalue weighted by Crippen LogP contribution is -2.41. The van der Waals surface area contributed by atoms with Gasteiger partial charge < -0.3 is 15.8 Å². The normalized spacial score (nSPS) is 15.6. The molecule has 0 spiro atoms. The fourth-order valence-corrected chi connectivity index (χ4v) is 4.98. The number of carbonyl (C=O) groups is 2. The molecule has 1 heterocycles. The third kappa shape index (κ3) is 4.57. The summed E-state index contributed by atoms with van der Waals surface area (Å²) >= 11 is 0. The number of rotatable bonds is 6. The van der Waals surface area contributed by atoms with E-state index in [4.69, 9.17) is 10.5 Å². The smallest absolute Gasteiger partial charge is 0.250 e. The molecule has 0 unspecified atom stereocenters. The highest BCUT2D eigenvalue weighted by Crippen LogP contribution is 2.27. The standard InChI is InChI=1S/C20H23N3O5S/c1-28-16-8-6-15(7-9-16)22-20(25)14-10-12-23(13-11-14)29(26,27)18-5-3-2-4-17(18)19(21)24/h2-9,14H,10-13H2,1H3,(H2,21,24)(H,22,25). The number of amides is 2. The van der Waals surface area contributed by atoms with Crippen molar-refractivity contribution in [3.05, 3.63) is 54.1 Å². The lowest BCUT2D eigenvalue weighted by Gasteiger charge is -2.31. The first-order valence-electron chi connectivity index (χ1n) is 9.17. The Hall–Kier alpha value is -2.91. The van der Waals surface area contributed by atoms with Gasteiger partial charge >= 0.3 is 0 Å². The molecule has 1 fully saturated rings. The van der Waals surface area contributed by atoms with Gasteiger partial charge in [0.05, 0.1) is 17.6 Å². The Labute approximate surface area is 169 Å². The number of sulfonamides is 1. The van der Waals surface area contributed by atoms with E-state index in [9.17, 15) is 18.0 Å². The lowest BCUT2D eigenvalue weighted by atomic mass is 9.97. The van der Waals surface area contributed by atoms with E-state index in [2.05, 4.69) is 5.32 Å². The summed E-state index contributed by atoms with van der Waals surface area (Å²) in [5, 5.41) is 2.85. The SMILES string of the molecule is COc1ccc(NC(=O)C2CCN(S(=O)(=O)c3ccccc3C(N)=O)CC2)cc1. The van der Waals surface area contributed by atoms with Crippen molar-refractivity contribution in [2.75, 3.05) is 25.5 Å². The number of carbonyl (C=O) groups excluding carboxylic acids is 2. The number of primary amides is 1. The van der Waals surface area contributed by atoms with Gasteiger partial charge in [-0.2, -0.15) is 4.31 Å². The molecule has 2 aromatic rings. The van der Waals surface area contributed by atoms with Crippen LogP contribution in [-0.4, -0.2) is 44.7 Å². The number of hydrogen-bond acceptors (Lipinski definition) is 5. The van der Waals surface area contributed by atoms with Crippen LogP contribution >= 0.6 is 0 Å². The van der Waals surface area contributed by atoms with Gasteiger partial charge in [-0.1, -0.05) is 12.1 Å². The van der Waals surface area contributed by atoms with Crippen LogP contribution in [0.3, 0.4) is 0 Å². The molecule has 29 heavy (non-hydrogen) atoms. The van der Waals surface area contributed by atoms with Gasteiger partial charge in [-0.25, -0.2) is 8.42 Å². The van der Waals surface area contributed by atoms with E-state index in [0.717, 1.165) is 0 Å². The predicted octanol–water partition coefficient (Wildman–Crippen LogP) is 1.83. The highest BCUT2D eigenvalue weighted by molar-refractivity contribution is 7.89. The molecule has 0 atom stereocenters. The zero-order valence-electron chi connectivity index (χ0n) is 16.0. The number of nitrogens with two attached hydrogens (primary N) is 1. The molecule has 1 saturated heterocycles. The number of methoxy groups -OCH3 is 1. The van der Waals surface area contributed by atoms with Gasteiger partial charge in [0.2, 0.25) is 21.8 Å². The maximum atomic E-state index is 12.9. The van der Waals surface area contributed by atoms with Crippen molar-refractivity contribution < 1.29 is 22.7 Å². The maximum Gasteiger partial charge on any atom is 0.250 e. The summed E-state index contributed by atoms with van der Waals surface area (Å²) in [6.07, 6.45) is 0.778. The van der Waals surface area contributed by atoms with Crippen molar-refractivity contribution in [2.24, 2.45) is 11.7 Å². The van der Waals surface area contributed by atoms with E-state index < -0.39 is 15.9 Å². The summed E-state index contributed by atoms with van der Waals surface area (Å²) in [6, 6.07) is 12.9. The van der Waals surface area contributed by atoms with Crippen LogP contribution in [0.5, 0.6) is 5.75 Å². The van der Waals surface area contributed by atoms with Crippen molar-refractivity contribution in [2.45, 2.75) is 17.7 Å². The number of ether oxygens (including phenoxy) is 1. The average Bonchev–Trinajstić information content (AvgIpc) is 2.74. The van der Waals surface area contributed by atoms with Crippen molar-refractivity contribution in [3.8, 4) is 5.75 Å². The minimum atomic E-state index is -3.87. The second-order valence-corrected chi connectivity index (χ2v) is 8.66. The topological polar surface area (TPSA) is 119 Å². The molecular formula is C20H23N3O5S. The van der Waals surface area contributed by atoms with Crippen molar-refractivity contribution >= 4 is 27.5 Å². The first-order valence-corrected chi connectivity index (χ1v) is 10.6. The molecule has 8 nitrogen and oxygen atoms in total. The minimum Gasteiger partial charge on any atom is -0.497 e. The number of anilines is 1. The highest BCUT2D eigenvalue weighted by atomic mass is 32.2. The second-order valence-electron chi connectivity index (χ2n) is 6.76. The number of piperidine rings is 1. The summed E-state index contributed by atoms with van der Waals surface area (Å²) in [5.74, 6) is -0.546. The number of nitrogens with zero attached hydrogens (tertiary/aromatic N) is 1. The van der Waals surface area contributed by atoms with Crippen LogP contribution in [0.2, 0.25) is 0 Å². The summed E-state index contributed by atoms with van der Waals surface area (Å²) in [5.41, 5.74) is 5.93. The van der Waals surface area contributed by atoms with Gasteiger partial charge in [-0.05, 0) is 49.2 Å². The largest absolute Gasteiger partial charge is 0.497 e. The van der Waals surface area contributed by atoms with Crippen LogP contribution in [-0.2, 0) is 14.8 Å². The van der Waals surface area contributed by atoms with Crippen molar-refractivity contribution in [3.63, 3.8) is 0 Å². The number of benzene rings is 2. The first-order chi connectivity index (χ1) is 13.8. The van der Waals surface area contributed by atoms with Crippen LogP contribution in [0.15, 0.2) is 53.4 Å². The third-order valence-corrected chi connectivity index (χ3v) is 6.91. The molecular weight excluding hydrogens is 394 g/mol. The molecule has 2 amide bonds. The van der Waals surface area contributed by atoms with Crippen LogP contribution in [0.25, 0.3) is 0 Å². The Morgan fingerprint density at radius 2 is 1.69 bits per heavy atom. The predicted molar refractivity (Wildman–Crippen MR) is 108 cm³/mol. The molecule has 9 heteroatoms. The monoisotopic (exact) mass is 417 g/mol. The Kier molecular flexibility index (Phi) is 6.19. The second kappa shape index (κ2) is 8.62. The first kappa shape index (κ1) is 20.8. The molecule has 1 aliphatic rings. The maximum absolute atomic E-state index is 12.9. The Balaban J connectivity index is 1.65.